The second-order valence-electron chi connectivity index (χ2n) is 5.32. The fraction of sp³-hybridized carbons (Fsp3) is 0.0556. The van der Waals surface area contributed by atoms with Gasteiger partial charge in [0, 0.05) is 0 Å². The maximum atomic E-state index is 13.1. The van der Waals surface area contributed by atoms with Crippen molar-refractivity contribution in [1.29, 1.82) is 0 Å². The number of rotatable bonds is 4. The summed E-state index contributed by atoms with van der Waals surface area (Å²) < 4.78 is 18.3. The summed E-state index contributed by atoms with van der Waals surface area (Å²) in [6.07, 6.45) is 1.41. The fourth-order valence-corrected chi connectivity index (χ4v) is 3.14. The number of imide groups is 1. The van der Waals surface area contributed by atoms with E-state index < -0.39 is 22.9 Å². The molecule has 1 fully saturated rings. The average Bonchev–Trinajstić information content (AvgIpc) is 2.87. The molecule has 0 saturated carbocycles. The predicted molar refractivity (Wildman–Crippen MR) is 96.3 cm³/mol. The van der Waals surface area contributed by atoms with Crippen molar-refractivity contribution in [2.45, 2.75) is 6.42 Å². The summed E-state index contributed by atoms with van der Waals surface area (Å²) in [6, 6.07) is 10.3. The van der Waals surface area contributed by atoms with Gasteiger partial charge in [-0.25, -0.2) is 4.39 Å². The Bertz CT molecular complexity index is 945. The molecule has 0 aromatic heterocycles. The minimum atomic E-state index is -0.583. The minimum Gasteiger partial charge on any atom is -0.425 e. The number of hydrogen-bond acceptors (Lipinski definition) is 5. The van der Waals surface area contributed by atoms with E-state index in [1.807, 2.05) is 0 Å². The zero-order chi connectivity index (χ0) is 18.7. The molecule has 0 atom stereocenters. The van der Waals surface area contributed by atoms with Crippen LogP contribution < -0.4 is 10.1 Å². The van der Waals surface area contributed by atoms with Gasteiger partial charge in [-0.05, 0) is 53.2 Å². The lowest BCUT2D eigenvalue weighted by Gasteiger charge is -2.07. The molecule has 2 amide bonds. The van der Waals surface area contributed by atoms with E-state index in [4.69, 9.17) is 16.3 Å². The van der Waals surface area contributed by atoms with Gasteiger partial charge in [0.1, 0.15) is 11.6 Å². The lowest BCUT2D eigenvalue weighted by molar-refractivity contribution is -0.133. The Kier molecular flexibility index (Phi) is 5.39. The van der Waals surface area contributed by atoms with E-state index in [0.29, 0.717) is 11.1 Å². The third-order valence-corrected chi connectivity index (χ3v) is 4.46. The molecule has 3 rings (SSSR count). The van der Waals surface area contributed by atoms with Crippen LogP contribution in [0.25, 0.3) is 6.08 Å². The molecule has 1 aliphatic heterocycles. The molecule has 2 aromatic carbocycles. The van der Waals surface area contributed by atoms with Gasteiger partial charge in [-0.2, -0.15) is 0 Å². The predicted octanol–water partition coefficient (Wildman–Crippen LogP) is 3.95. The third-order valence-electron chi connectivity index (χ3n) is 3.36. The molecule has 0 spiro atoms. The molecule has 0 bridgehead atoms. The largest absolute Gasteiger partial charge is 0.425 e. The van der Waals surface area contributed by atoms with Crippen molar-refractivity contribution in [2.24, 2.45) is 0 Å². The molecule has 5 nitrogen and oxygen atoms in total. The van der Waals surface area contributed by atoms with Crippen LogP contribution in [0.5, 0.6) is 5.75 Å². The van der Waals surface area contributed by atoms with Crippen LogP contribution in [0.3, 0.4) is 0 Å². The normalized spacial score (nSPS) is 15.2. The molecule has 26 heavy (non-hydrogen) atoms. The van der Waals surface area contributed by atoms with Crippen LogP contribution in [0, 0.1) is 5.82 Å². The van der Waals surface area contributed by atoms with E-state index in [9.17, 15) is 18.8 Å². The van der Waals surface area contributed by atoms with Gasteiger partial charge in [0.05, 0.1) is 16.3 Å². The zero-order valence-corrected chi connectivity index (χ0v) is 14.7. The number of nitrogens with one attached hydrogen (secondary N) is 1. The Morgan fingerprint density at radius 1 is 1.23 bits per heavy atom. The van der Waals surface area contributed by atoms with E-state index in [0.717, 1.165) is 11.8 Å². The highest BCUT2D eigenvalue weighted by Gasteiger charge is 2.25. The molecular formula is C18H11ClFNO4S. The van der Waals surface area contributed by atoms with Crippen molar-refractivity contribution in [3.05, 3.63) is 69.3 Å². The second kappa shape index (κ2) is 7.72. The standard InChI is InChI=1S/C18H11ClFNO4S/c19-13-7-11(8-15-17(23)21-18(24)26-15)4-5-14(13)25-16(22)9-10-2-1-3-12(20)6-10/h1-8H,9H2,(H,21,23,24). The van der Waals surface area contributed by atoms with Gasteiger partial charge >= 0.3 is 5.97 Å². The number of halogens is 2. The lowest BCUT2D eigenvalue weighted by Crippen LogP contribution is -2.17. The van der Waals surface area contributed by atoms with Crippen molar-refractivity contribution in [2.75, 3.05) is 0 Å². The Balaban J connectivity index is 1.70. The van der Waals surface area contributed by atoms with E-state index in [-0.39, 0.29) is 22.1 Å². The van der Waals surface area contributed by atoms with Crippen LogP contribution in [0.2, 0.25) is 5.02 Å². The second-order valence-corrected chi connectivity index (χ2v) is 6.74. The first-order chi connectivity index (χ1) is 12.4. The Hall–Kier alpha value is -2.64. The topological polar surface area (TPSA) is 72.5 Å². The van der Waals surface area contributed by atoms with Gasteiger partial charge in [-0.3, -0.25) is 19.7 Å². The van der Waals surface area contributed by atoms with Crippen LogP contribution >= 0.6 is 23.4 Å². The maximum absolute atomic E-state index is 13.1. The molecule has 1 heterocycles. The molecule has 132 valence electrons. The molecule has 0 unspecified atom stereocenters. The monoisotopic (exact) mass is 391 g/mol. The van der Waals surface area contributed by atoms with Gasteiger partial charge < -0.3 is 4.74 Å². The minimum absolute atomic E-state index is 0.0984. The highest BCUT2D eigenvalue weighted by atomic mass is 35.5. The smallest absolute Gasteiger partial charge is 0.315 e. The molecule has 8 heteroatoms. The molecular weight excluding hydrogens is 381 g/mol. The van der Waals surface area contributed by atoms with Crippen molar-refractivity contribution >= 4 is 46.6 Å². The Morgan fingerprint density at radius 3 is 2.69 bits per heavy atom. The number of thioether (sulfide) groups is 1. The van der Waals surface area contributed by atoms with Gasteiger partial charge in [0.2, 0.25) is 0 Å². The summed E-state index contributed by atoms with van der Waals surface area (Å²) in [6.45, 7) is 0. The third kappa shape index (κ3) is 4.50. The summed E-state index contributed by atoms with van der Waals surface area (Å²) in [5, 5.41) is 1.89. The summed E-state index contributed by atoms with van der Waals surface area (Å²) in [4.78, 5) is 34.9. The average molecular weight is 392 g/mol. The van der Waals surface area contributed by atoms with Gasteiger partial charge in [0.25, 0.3) is 11.1 Å². The van der Waals surface area contributed by atoms with Gasteiger partial charge in [-0.1, -0.05) is 29.8 Å². The van der Waals surface area contributed by atoms with Gasteiger partial charge in [0.15, 0.2) is 0 Å². The van der Waals surface area contributed by atoms with Gasteiger partial charge in [-0.15, -0.1) is 0 Å². The van der Waals surface area contributed by atoms with Crippen LogP contribution in [0.15, 0.2) is 47.4 Å². The Morgan fingerprint density at radius 2 is 2.04 bits per heavy atom. The Labute approximate surface area is 157 Å². The highest BCUT2D eigenvalue weighted by Crippen LogP contribution is 2.30. The number of amides is 2. The van der Waals surface area contributed by atoms with Crippen molar-refractivity contribution < 1.29 is 23.5 Å². The molecule has 0 aliphatic carbocycles. The highest BCUT2D eigenvalue weighted by molar-refractivity contribution is 8.18. The SMILES string of the molecule is O=C(Cc1cccc(F)c1)Oc1ccc(C=C2SC(=O)NC2=O)cc1Cl. The van der Waals surface area contributed by atoms with E-state index in [1.54, 1.807) is 12.1 Å². The first-order valence-corrected chi connectivity index (χ1v) is 8.60. The van der Waals surface area contributed by atoms with Crippen LogP contribution in [0.4, 0.5) is 9.18 Å². The molecule has 1 aliphatic rings. The summed E-state index contributed by atoms with van der Waals surface area (Å²) in [5.41, 5.74) is 1.06. The number of hydrogen-bond donors (Lipinski definition) is 1. The van der Waals surface area contributed by atoms with E-state index in [2.05, 4.69) is 5.32 Å². The fourth-order valence-electron chi connectivity index (χ4n) is 2.23. The van der Waals surface area contributed by atoms with Crippen LogP contribution in [-0.2, 0) is 16.0 Å². The number of benzene rings is 2. The van der Waals surface area contributed by atoms with Crippen molar-refractivity contribution in [1.82, 2.24) is 5.32 Å². The van der Waals surface area contributed by atoms with E-state index >= 15 is 0 Å². The molecule has 1 N–H and O–H groups in total. The number of ether oxygens (including phenoxy) is 1. The molecule has 1 saturated heterocycles. The van der Waals surface area contributed by atoms with Crippen molar-refractivity contribution in [3.8, 4) is 5.75 Å². The summed E-state index contributed by atoms with van der Waals surface area (Å²) >= 11 is 6.91. The van der Waals surface area contributed by atoms with Crippen molar-refractivity contribution in [3.63, 3.8) is 0 Å². The first kappa shape index (κ1) is 18.2. The zero-order valence-electron chi connectivity index (χ0n) is 13.1. The summed E-state index contributed by atoms with van der Waals surface area (Å²) in [7, 11) is 0. The van der Waals surface area contributed by atoms with Crippen LogP contribution in [0.1, 0.15) is 11.1 Å². The quantitative estimate of drug-likeness (QED) is 0.485. The molecule has 2 aromatic rings. The van der Waals surface area contributed by atoms with Crippen LogP contribution in [-0.4, -0.2) is 17.1 Å². The number of carbonyl (C=O) groups is 3. The molecule has 0 radical (unpaired) electrons. The lowest BCUT2D eigenvalue weighted by atomic mass is 10.1. The maximum Gasteiger partial charge on any atom is 0.315 e. The number of carbonyl (C=O) groups excluding carboxylic acids is 3. The summed E-state index contributed by atoms with van der Waals surface area (Å²) in [5.74, 6) is -1.34. The first-order valence-electron chi connectivity index (χ1n) is 7.40. The van der Waals surface area contributed by atoms with E-state index in [1.165, 1.54) is 36.4 Å². The number of esters is 1.